The molecule has 0 atom stereocenters. The van der Waals surface area contributed by atoms with Gasteiger partial charge in [0.2, 0.25) is 5.91 Å². The van der Waals surface area contributed by atoms with Gasteiger partial charge in [-0.1, -0.05) is 0 Å². The van der Waals surface area contributed by atoms with E-state index in [1.54, 1.807) is 29.6 Å². The second kappa shape index (κ2) is 6.06. The fraction of sp³-hybridized carbons (Fsp3) is 0.308. The number of aromatic amines is 1. The van der Waals surface area contributed by atoms with E-state index in [1.807, 2.05) is 12.3 Å². The minimum absolute atomic E-state index is 0.0977. The minimum atomic E-state index is -0.0977. The van der Waals surface area contributed by atoms with Gasteiger partial charge in [-0.3, -0.25) is 4.79 Å². The Labute approximate surface area is 130 Å². The van der Waals surface area contributed by atoms with E-state index >= 15 is 0 Å². The monoisotopic (exact) mass is 317 g/mol. The Bertz CT molecular complexity index is 796. The number of hydrogen-bond donors (Lipinski definition) is 2. The normalized spacial score (nSPS) is 10.8. The number of aromatic nitrogens is 5. The molecule has 0 aliphatic rings. The summed E-state index contributed by atoms with van der Waals surface area (Å²) in [4.78, 5) is 33.4. The molecule has 9 heteroatoms. The van der Waals surface area contributed by atoms with Crippen LogP contribution in [-0.2, 0) is 11.3 Å². The smallest absolute Gasteiger partial charge is 0.239 e. The third-order valence-electron chi connectivity index (χ3n) is 3.08. The third kappa shape index (κ3) is 3.03. The van der Waals surface area contributed by atoms with Crippen molar-refractivity contribution in [2.24, 2.45) is 0 Å². The Morgan fingerprint density at radius 1 is 1.41 bits per heavy atom. The molecule has 0 unspecified atom stereocenters. The van der Waals surface area contributed by atoms with Crippen LogP contribution in [0.3, 0.4) is 0 Å². The number of fused-ring (bicyclic) bond motifs is 1. The molecule has 0 aromatic carbocycles. The molecule has 0 aliphatic carbocycles. The lowest BCUT2D eigenvalue weighted by Gasteiger charge is -2.17. The molecular weight excluding hydrogens is 302 g/mol. The van der Waals surface area contributed by atoms with Gasteiger partial charge >= 0.3 is 0 Å². The van der Waals surface area contributed by atoms with Crippen molar-refractivity contribution in [2.45, 2.75) is 13.5 Å². The van der Waals surface area contributed by atoms with Crippen molar-refractivity contribution in [3.8, 4) is 0 Å². The molecule has 2 N–H and O–H groups in total. The summed E-state index contributed by atoms with van der Waals surface area (Å²) in [5, 5.41) is 5.78. The van der Waals surface area contributed by atoms with Gasteiger partial charge in [0.25, 0.3) is 0 Å². The van der Waals surface area contributed by atoms with Crippen LogP contribution in [-0.4, -0.2) is 44.4 Å². The molecule has 8 nitrogen and oxygen atoms in total. The first kappa shape index (κ1) is 14.4. The summed E-state index contributed by atoms with van der Waals surface area (Å²) in [6, 6.07) is 0. The van der Waals surface area contributed by atoms with Crippen molar-refractivity contribution in [2.75, 3.05) is 18.5 Å². The second-order valence-corrected chi connectivity index (χ2v) is 5.85. The van der Waals surface area contributed by atoms with Gasteiger partial charge in [-0.15, -0.1) is 11.3 Å². The van der Waals surface area contributed by atoms with Gasteiger partial charge in [-0.2, -0.15) is 0 Å². The van der Waals surface area contributed by atoms with Gasteiger partial charge in [0.15, 0.2) is 11.5 Å². The Morgan fingerprint density at radius 3 is 3.05 bits per heavy atom. The summed E-state index contributed by atoms with van der Waals surface area (Å²) in [7, 11) is 1.80. The number of thiazole rings is 1. The SMILES string of the molecule is Cc1nc(CNC(=O)CN(C)c2ncnc3nc[nH]c23)cs1. The van der Waals surface area contributed by atoms with Gasteiger partial charge in [0.05, 0.1) is 30.1 Å². The summed E-state index contributed by atoms with van der Waals surface area (Å²) in [5.41, 5.74) is 2.17. The van der Waals surface area contributed by atoms with Crippen molar-refractivity contribution in [3.05, 3.63) is 28.7 Å². The number of anilines is 1. The summed E-state index contributed by atoms with van der Waals surface area (Å²) < 4.78 is 0. The summed E-state index contributed by atoms with van der Waals surface area (Å²) in [6.45, 7) is 2.56. The highest BCUT2D eigenvalue weighted by Crippen LogP contribution is 2.17. The number of amides is 1. The average Bonchev–Trinajstić information content (AvgIpc) is 3.13. The number of rotatable bonds is 5. The van der Waals surface area contributed by atoms with Crippen LogP contribution in [0, 0.1) is 6.92 Å². The van der Waals surface area contributed by atoms with Crippen LogP contribution in [0.5, 0.6) is 0 Å². The van der Waals surface area contributed by atoms with Gasteiger partial charge in [0.1, 0.15) is 11.8 Å². The zero-order valence-electron chi connectivity index (χ0n) is 12.2. The van der Waals surface area contributed by atoms with E-state index in [2.05, 4.69) is 30.2 Å². The number of carbonyl (C=O) groups is 1. The Morgan fingerprint density at radius 2 is 2.27 bits per heavy atom. The molecule has 114 valence electrons. The lowest BCUT2D eigenvalue weighted by atomic mass is 10.4. The number of carbonyl (C=O) groups excluding carboxylic acids is 1. The molecule has 0 bridgehead atoms. The van der Waals surface area contributed by atoms with E-state index in [0.29, 0.717) is 23.5 Å². The molecule has 3 aromatic rings. The third-order valence-corrected chi connectivity index (χ3v) is 3.90. The summed E-state index contributed by atoms with van der Waals surface area (Å²) in [5.74, 6) is 0.543. The first-order valence-electron chi connectivity index (χ1n) is 6.66. The standard InChI is InChI=1S/C13H15N7OS/c1-8-19-9(5-22-8)3-14-10(21)4-20(2)13-11-12(16-6-15-11)17-7-18-13/h5-7H,3-4H2,1-2H3,(H,14,21)(H,15,16,17,18). The van der Waals surface area contributed by atoms with E-state index in [9.17, 15) is 4.79 Å². The van der Waals surface area contributed by atoms with Gasteiger partial charge in [-0.25, -0.2) is 19.9 Å². The zero-order valence-corrected chi connectivity index (χ0v) is 13.0. The molecule has 0 spiro atoms. The van der Waals surface area contributed by atoms with Crippen molar-refractivity contribution < 1.29 is 4.79 Å². The van der Waals surface area contributed by atoms with Gasteiger partial charge in [-0.05, 0) is 6.92 Å². The molecule has 22 heavy (non-hydrogen) atoms. The van der Waals surface area contributed by atoms with E-state index < -0.39 is 0 Å². The van der Waals surface area contributed by atoms with Crippen LogP contribution >= 0.6 is 11.3 Å². The molecule has 0 aliphatic heterocycles. The Hall–Kier alpha value is -2.55. The number of hydrogen-bond acceptors (Lipinski definition) is 7. The molecule has 1 amide bonds. The minimum Gasteiger partial charge on any atom is -0.349 e. The summed E-state index contributed by atoms with van der Waals surface area (Å²) in [6.07, 6.45) is 2.99. The van der Waals surface area contributed by atoms with Crippen LogP contribution in [0.4, 0.5) is 5.82 Å². The maximum absolute atomic E-state index is 12.0. The van der Waals surface area contributed by atoms with Crippen LogP contribution in [0.1, 0.15) is 10.7 Å². The van der Waals surface area contributed by atoms with Crippen molar-refractivity contribution in [1.29, 1.82) is 0 Å². The van der Waals surface area contributed by atoms with E-state index in [-0.39, 0.29) is 12.5 Å². The van der Waals surface area contributed by atoms with Crippen LogP contribution in [0.15, 0.2) is 18.0 Å². The van der Waals surface area contributed by atoms with Crippen molar-refractivity contribution >= 4 is 34.2 Å². The number of aryl methyl sites for hydroxylation is 1. The Balaban J connectivity index is 1.62. The second-order valence-electron chi connectivity index (χ2n) is 4.79. The van der Waals surface area contributed by atoms with Crippen LogP contribution < -0.4 is 10.2 Å². The Kier molecular flexibility index (Phi) is 3.96. The fourth-order valence-corrected chi connectivity index (χ4v) is 2.68. The largest absolute Gasteiger partial charge is 0.349 e. The fourth-order valence-electron chi connectivity index (χ4n) is 2.07. The molecule has 0 saturated heterocycles. The number of nitrogens with zero attached hydrogens (tertiary/aromatic N) is 5. The lowest BCUT2D eigenvalue weighted by Crippen LogP contribution is -2.35. The molecule has 0 radical (unpaired) electrons. The van der Waals surface area contributed by atoms with Crippen LogP contribution in [0.2, 0.25) is 0 Å². The molecule has 3 rings (SSSR count). The predicted octanol–water partition coefficient (Wildman–Crippen LogP) is 0.870. The van der Waals surface area contributed by atoms with Gasteiger partial charge in [0, 0.05) is 12.4 Å². The van der Waals surface area contributed by atoms with Crippen molar-refractivity contribution in [1.82, 2.24) is 30.2 Å². The molecule has 3 aromatic heterocycles. The zero-order chi connectivity index (χ0) is 15.5. The van der Waals surface area contributed by atoms with Gasteiger partial charge < -0.3 is 15.2 Å². The number of H-pyrrole nitrogens is 1. The maximum atomic E-state index is 12.0. The van der Waals surface area contributed by atoms with Crippen molar-refractivity contribution in [3.63, 3.8) is 0 Å². The average molecular weight is 317 g/mol. The first-order valence-corrected chi connectivity index (χ1v) is 7.54. The molecule has 0 saturated carbocycles. The topological polar surface area (TPSA) is 99.7 Å². The maximum Gasteiger partial charge on any atom is 0.239 e. The predicted molar refractivity (Wildman–Crippen MR) is 83.7 cm³/mol. The number of imidazole rings is 1. The number of nitrogens with one attached hydrogen (secondary N) is 2. The van der Waals surface area contributed by atoms with E-state index in [0.717, 1.165) is 10.7 Å². The van der Waals surface area contributed by atoms with E-state index in [1.165, 1.54) is 6.33 Å². The van der Waals surface area contributed by atoms with Crippen LogP contribution in [0.25, 0.3) is 11.2 Å². The number of likely N-dealkylation sites (N-methyl/N-ethyl adjacent to an activating group) is 1. The highest BCUT2D eigenvalue weighted by Gasteiger charge is 2.13. The molecular formula is C13H15N7OS. The highest BCUT2D eigenvalue weighted by molar-refractivity contribution is 7.09. The molecule has 3 heterocycles. The molecule has 0 fully saturated rings. The summed E-state index contributed by atoms with van der Waals surface area (Å²) >= 11 is 1.57. The van der Waals surface area contributed by atoms with E-state index in [4.69, 9.17) is 0 Å². The highest BCUT2D eigenvalue weighted by atomic mass is 32.1. The quantitative estimate of drug-likeness (QED) is 0.724. The lowest BCUT2D eigenvalue weighted by molar-refractivity contribution is -0.119. The first-order chi connectivity index (χ1) is 10.6.